The lowest BCUT2D eigenvalue weighted by Gasteiger charge is -2.33. The standard InChI is InChI=1S/C26H27N3O3/c30-26(31)25-21-13-17(8-9-19(21)16-32-25)10-12-28-24(18-5-2-1-3-6-18)20-14-23-22(29-15-20)7-4-11-27-23/h1-9,11,13,20,24-25,28-29H,10,12,14-16H2,(H,30,31)/t20-,24-,25?/m1/s1. The number of nitrogens with zero attached hydrogens (tertiary/aromatic N) is 1. The van der Waals surface area contributed by atoms with Gasteiger partial charge in [-0.3, -0.25) is 4.98 Å². The first kappa shape index (κ1) is 20.7. The predicted molar refractivity (Wildman–Crippen MR) is 122 cm³/mol. The van der Waals surface area contributed by atoms with Crippen molar-refractivity contribution in [2.24, 2.45) is 5.92 Å². The number of anilines is 1. The van der Waals surface area contributed by atoms with E-state index in [0.717, 1.165) is 54.0 Å². The van der Waals surface area contributed by atoms with Crippen molar-refractivity contribution in [1.29, 1.82) is 0 Å². The van der Waals surface area contributed by atoms with E-state index >= 15 is 0 Å². The molecule has 1 aromatic heterocycles. The molecule has 32 heavy (non-hydrogen) atoms. The number of hydrogen-bond donors (Lipinski definition) is 3. The van der Waals surface area contributed by atoms with E-state index < -0.39 is 12.1 Å². The Hall–Kier alpha value is -3.22. The van der Waals surface area contributed by atoms with Gasteiger partial charge in [0.05, 0.1) is 18.0 Å². The molecule has 0 spiro atoms. The topological polar surface area (TPSA) is 83.5 Å². The van der Waals surface area contributed by atoms with Crippen LogP contribution in [0.25, 0.3) is 0 Å². The first-order valence-corrected chi connectivity index (χ1v) is 11.1. The molecule has 2 aliphatic rings. The molecule has 6 nitrogen and oxygen atoms in total. The summed E-state index contributed by atoms with van der Waals surface area (Å²) in [4.78, 5) is 16.0. The maximum atomic E-state index is 11.5. The van der Waals surface area contributed by atoms with Gasteiger partial charge in [-0.1, -0.05) is 48.5 Å². The largest absolute Gasteiger partial charge is 0.479 e. The van der Waals surface area contributed by atoms with Crippen LogP contribution < -0.4 is 10.6 Å². The van der Waals surface area contributed by atoms with Crippen LogP contribution in [0.15, 0.2) is 66.9 Å². The molecule has 0 amide bonds. The van der Waals surface area contributed by atoms with E-state index in [0.29, 0.717) is 12.5 Å². The van der Waals surface area contributed by atoms with Gasteiger partial charge in [-0.2, -0.15) is 0 Å². The highest BCUT2D eigenvalue weighted by Crippen LogP contribution is 2.33. The highest BCUT2D eigenvalue weighted by Gasteiger charge is 2.30. The Morgan fingerprint density at radius 3 is 2.91 bits per heavy atom. The number of aliphatic carboxylic acids is 1. The number of carboxylic acids is 1. The summed E-state index contributed by atoms with van der Waals surface area (Å²) < 4.78 is 5.42. The van der Waals surface area contributed by atoms with Crippen LogP contribution >= 0.6 is 0 Å². The Balaban J connectivity index is 1.29. The Morgan fingerprint density at radius 1 is 1.19 bits per heavy atom. The summed E-state index contributed by atoms with van der Waals surface area (Å²) in [5.41, 5.74) is 6.39. The summed E-state index contributed by atoms with van der Waals surface area (Å²) >= 11 is 0. The maximum Gasteiger partial charge on any atom is 0.337 e. The zero-order valence-corrected chi connectivity index (χ0v) is 17.8. The SMILES string of the molecule is O=C(O)C1OCc2ccc(CCN[C@H](c3ccccc3)[C@H]3CNc4cccnc4C3)cc21. The van der Waals surface area contributed by atoms with Gasteiger partial charge in [0.1, 0.15) is 0 Å². The van der Waals surface area contributed by atoms with E-state index in [-0.39, 0.29) is 6.04 Å². The molecule has 0 radical (unpaired) electrons. The number of benzene rings is 2. The molecule has 3 aromatic rings. The minimum absolute atomic E-state index is 0.198. The number of carbonyl (C=O) groups is 1. The van der Waals surface area contributed by atoms with Crippen molar-refractivity contribution >= 4 is 11.7 Å². The molecule has 0 saturated heterocycles. The molecule has 0 aliphatic carbocycles. The molecule has 0 bridgehead atoms. The molecule has 1 unspecified atom stereocenters. The smallest absolute Gasteiger partial charge is 0.337 e. The van der Waals surface area contributed by atoms with Crippen LogP contribution in [-0.4, -0.2) is 29.1 Å². The van der Waals surface area contributed by atoms with Crippen molar-refractivity contribution in [2.75, 3.05) is 18.4 Å². The van der Waals surface area contributed by atoms with Crippen LogP contribution in [0.3, 0.4) is 0 Å². The fraction of sp³-hybridized carbons (Fsp3) is 0.308. The minimum Gasteiger partial charge on any atom is -0.479 e. The van der Waals surface area contributed by atoms with Gasteiger partial charge in [-0.25, -0.2) is 4.79 Å². The first-order chi connectivity index (χ1) is 15.7. The van der Waals surface area contributed by atoms with E-state index in [1.807, 2.05) is 30.5 Å². The molecule has 6 heteroatoms. The second-order valence-corrected chi connectivity index (χ2v) is 8.50. The molecule has 5 rings (SSSR count). The van der Waals surface area contributed by atoms with Crippen LogP contribution in [-0.2, 0) is 29.0 Å². The normalized spacial score (nSPS) is 20.1. The molecule has 0 saturated carbocycles. The number of carboxylic acid groups (broad SMARTS) is 1. The quantitative estimate of drug-likeness (QED) is 0.528. The Kier molecular flexibility index (Phi) is 5.88. The summed E-state index contributed by atoms with van der Waals surface area (Å²) in [5.74, 6) is -0.550. The molecule has 2 aliphatic heterocycles. The lowest BCUT2D eigenvalue weighted by Crippen LogP contribution is -2.37. The molecular weight excluding hydrogens is 402 g/mol. The van der Waals surface area contributed by atoms with Gasteiger partial charge in [-0.15, -0.1) is 0 Å². The summed E-state index contributed by atoms with van der Waals surface area (Å²) in [6.07, 6.45) is 2.75. The Labute approximate surface area is 187 Å². The van der Waals surface area contributed by atoms with Crippen molar-refractivity contribution in [1.82, 2.24) is 10.3 Å². The van der Waals surface area contributed by atoms with Crippen LogP contribution in [0.2, 0.25) is 0 Å². The monoisotopic (exact) mass is 429 g/mol. The van der Waals surface area contributed by atoms with Gasteiger partial charge in [0, 0.05) is 24.7 Å². The molecule has 164 valence electrons. The van der Waals surface area contributed by atoms with Crippen molar-refractivity contribution in [2.45, 2.75) is 31.6 Å². The number of rotatable bonds is 7. The van der Waals surface area contributed by atoms with Gasteiger partial charge in [-0.05, 0) is 53.8 Å². The van der Waals surface area contributed by atoms with Crippen molar-refractivity contribution in [3.8, 4) is 0 Å². The van der Waals surface area contributed by atoms with E-state index in [2.05, 4.69) is 52.0 Å². The summed E-state index contributed by atoms with van der Waals surface area (Å²) in [7, 11) is 0. The van der Waals surface area contributed by atoms with E-state index in [9.17, 15) is 9.90 Å². The van der Waals surface area contributed by atoms with Gasteiger partial charge >= 0.3 is 5.97 Å². The fourth-order valence-electron chi connectivity index (χ4n) is 4.79. The first-order valence-electron chi connectivity index (χ1n) is 11.1. The second-order valence-electron chi connectivity index (χ2n) is 8.50. The number of hydrogen-bond acceptors (Lipinski definition) is 5. The molecule has 3 N–H and O–H groups in total. The average molecular weight is 430 g/mol. The van der Waals surface area contributed by atoms with Gasteiger partial charge in [0.15, 0.2) is 6.10 Å². The van der Waals surface area contributed by atoms with Crippen LogP contribution in [0, 0.1) is 5.92 Å². The van der Waals surface area contributed by atoms with Crippen molar-refractivity contribution in [3.63, 3.8) is 0 Å². The molecular formula is C26H27N3O3. The van der Waals surface area contributed by atoms with E-state index in [4.69, 9.17) is 4.74 Å². The third-order valence-corrected chi connectivity index (χ3v) is 6.43. The van der Waals surface area contributed by atoms with Gasteiger partial charge in [0.2, 0.25) is 0 Å². The molecule has 3 atom stereocenters. The predicted octanol–water partition coefficient (Wildman–Crippen LogP) is 3.90. The Morgan fingerprint density at radius 2 is 2.06 bits per heavy atom. The van der Waals surface area contributed by atoms with Crippen molar-refractivity contribution < 1.29 is 14.6 Å². The Bertz CT molecular complexity index is 1100. The van der Waals surface area contributed by atoms with Gasteiger partial charge in [0.25, 0.3) is 0 Å². The molecule has 0 fully saturated rings. The van der Waals surface area contributed by atoms with Gasteiger partial charge < -0.3 is 20.5 Å². The average Bonchev–Trinajstić information content (AvgIpc) is 3.26. The van der Waals surface area contributed by atoms with Crippen LogP contribution in [0.1, 0.15) is 40.1 Å². The lowest BCUT2D eigenvalue weighted by atomic mass is 9.86. The maximum absolute atomic E-state index is 11.5. The van der Waals surface area contributed by atoms with Crippen LogP contribution in [0.5, 0.6) is 0 Å². The minimum atomic E-state index is -0.929. The third-order valence-electron chi connectivity index (χ3n) is 6.43. The zero-order valence-electron chi connectivity index (χ0n) is 17.8. The summed E-state index contributed by atoms with van der Waals surface area (Å²) in [6.45, 7) is 2.05. The number of nitrogens with one attached hydrogen (secondary N) is 2. The number of fused-ring (bicyclic) bond motifs is 2. The summed E-state index contributed by atoms with van der Waals surface area (Å²) in [5, 5.41) is 16.7. The van der Waals surface area contributed by atoms with Crippen LogP contribution in [0.4, 0.5) is 5.69 Å². The highest BCUT2D eigenvalue weighted by molar-refractivity contribution is 5.75. The number of pyridine rings is 1. The zero-order chi connectivity index (χ0) is 21.9. The molecule has 3 heterocycles. The molecule has 2 aromatic carbocycles. The lowest BCUT2D eigenvalue weighted by molar-refractivity contribution is -0.149. The van der Waals surface area contributed by atoms with E-state index in [1.54, 1.807) is 0 Å². The van der Waals surface area contributed by atoms with E-state index in [1.165, 1.54) is 5.56 Å². The summed E-state index contributed by atoms with van der Waals surface area (Å²) in [6, 6.07) is 20.9. The third kappa shape index (κ3) is 4.24. The number of ether oxygens (including phenoxy) is 1. The second kappa shape index (κ2) is 9.10. The van der Waals surface area contributed by atoms with Crippen molar-refractivity contribution in [3.05, 3.63) is 94.8 Å². The fourth-order valence-corrected chi connectivity index (χ4v) is 4.79. The highest BCUT2D eigenvalue weighted by atomic mass is 16.5. The number of aromatic nitrogens is 1.